The predicted molar refractivity (Wildman–Crippen MR) is 261 cm³/mol. The van der Waals surface area contributed by atoms with Gasteiger partial charge < -0.3 is 18.0 Å². The minimum absolute atomic E-state index is 0.0570. The molecule has 0 aliphatic rings. The normalized spacial score (nSPS) is 14.9. The molecule has 0 aliphatic heterocycles. The molecule has 0 saturated heterocycles. The zero-order chi connectivity index (χ0) is 44.8. The highest BCUT2D eigenvalue weighted by molar-refractivity contribution is 6.75. The predicted octanol–water partition coefficient (Wildman–Crippen LogP) is 16.0. The van der Waals surface area contributed by atoms with Gasteiger partial charge in [0.25, 0.3) is 0 Å². The molecule has 1 aromatic carbocycles. The minimum Gasteiger partial charge on any atom is -0.543 e. The molecular formula is C50H88O5Si3. The van der Waals surface area contributed by atoms with Crippen molar-refractivity contribution in [1.82, 2.24) is 0 Å². The van der Waals surface area contributed by atoms with Crippen LogP contribution in [0.5, 0.6) is 11.5 Å². The van der Waals surface area contributed by atoms with Gasteiger partial charge in [-0.05, 0) is 158 Å². The summed E-state index contributed by atoms with van der Waals surface area (Å²) in [5.74, 6) is 1.47. The Morgan fingerprint density at radius 1 is 0.569 bits per heavy atom. The highest BCUT2D eigenvalue weighted by Crippen LogP contribution is 2.41. The smallest absolute Gasteiger partial charge is 0.333 e. The maximum absolute atomic E-state index is 13.0. The van der Waals surface area contributed by atoms with Gasteiger partial charge in [-0.1, -0.05) is 115 Å². The monoisotopic (exact) mass is 853 g/mol. The van der Waals surface area contributed by atoms with E-state index in [9.17, 15) is 4.79 Å². The van der Waals surface area contributed by atoms with E-state index in [-0.39, 0.29) is 21.1 Å². The summed E-state index contributed by atoms with van der Waals surface area (Å²) in [5.41, 5.74) is 7.33. The van der Waals surface area contributed by atoms with E-state index >= 15 is 0 Å². The van der Waals surface area contributed by atoms with Gasteiger partial charge in [0.15, 0.2) is 8.32 Å². The second-order valence-corrected chi connectivity index (χ2v) is 35.6. The van der Waals surface area contributed by atoms with Crippen LogP contribution in [-0.4, -0.2) is 44.6 Å². The molecule has 58 heavy (non-hydrogen) atoms. The number of hydrogen-bond donors (Lipinski definition) is 0. The van der Waals surface area contributed by atoms with E-state index in [1.165, 1.54) is 29.4 Å². The fourth-order valence-corrected chi connectivity index (χ4v) is 8.49. The van der Waals surface area contributed by atoms with Crippen molar-refractivity contribution in [2.45, 2.75) is 202 Å². The molecule has 0 heterocycles. The summed E-state index contributed by atoms with van der Waals surface area (Å²) < 4.78 is 25.2. The average Bonchev–Trinajstić information content (AvgIpc) is 3.07. The lowest BCUT2D eigenvalue weighted by molar-refractivity contribution is -0.136. The zero-order valence-electron chi connectivity index (χ0n) is 41.2. The summed E-state index contributed by atoms with van der Waals surface area (Å²) in [7, 11) is -4.38. The van der Waals surface area contributed by atoms with Crippen LogP contribution in [-0.2, 0) is 20.4 Å². The largest absolute Gasteiger partial charge is 0.543 e. The fourth-order valence-electron chi connectivity index (χ4n) is 5.39. The van der Waals surface area contributed by atoms with E-state index in [4.69, 9.17) is 18.0 Å². The number of benzene rings is 1. The van der Waals surface area contributed by atoms with Crippen molar-refractivity contribution in [3.63, 3.8) is 0 Å². The van der Waals surface area contributed by atoms with Crippen LogP contribution >= 0.6 is 0 Å². The van der Waals surface area contributed by atoms with E-state index in [0.29, 0.717) is 18.4 Å². The highest BCUT2D eigenvalue weighted by atomic mass is 28.4. The maximum Gasteiger partial charge on any atom is 0.333 e. The molecule has 0 aromatic heterocycles. The number of carbonyl (C=O) groups excluding carboxylic acids is 1. The SMILES string of the molecule is COC(=O)C(=CCc1cc(O[Si](C)(C)C(C)(C)C)ccc1O[Si](C)(C)C(C)(C)C)CC/C=C(\C)CC/C=C(\C)CC/C=C(\C)CC/C=C(\C)CO[Si](C)(C)C(C)(C)C. The number of hydrogen-bond acceptors (Lipinski definition) is 5. The molecule has 0 unspecified atom stereocenters. The summed E-state index contributed by atoms with van der Waals surface area (Å²) in [5, 5.41) is 0.382. The van der Waals surface area contributed by atoms with Gasteiger partial charge >= 0.3 is 5.97 Å². The molecule has 0 radical (unpaired) electrons. The lowest BCUT2D eigenvalue weighted by Crippen LogP contribution is -2.44. The molecule has 1 rings (SSSR count). The Hall–Kier alpha value is -2.40. The third kappa shape index (κ3) is 18.9. The van der Waals surface area contributed by atoms with Crippen LogP contribution in [0.2, 0.25) is 54.4 Å². The molecule has 5 nitrogen and oxygen atoms in total. The molecule has 0 fully saturated rings. The average molecular weight is 854 g/mol. The Bertz CT molecular complexity index is 1620. The van der Waals surface area contributed by atoms with E-state index in [0.717, 1.165) is 68.6 Å². The summed E-state index contributed by atoms with van der Waals surface area (Å²) >= 11 is 0. The van der Waals surface area contributed by atoms with E-state index in [1.807, 2.05) is 6.08 Å². The van der Waals surface area contributed by atoms with Crippen LogP contribution in [0.25, 0.3) is 0 Å². The van der Waals surface area contributed by atoms with E-state index in [2.05, 4.69) is 172 Å². The third-order valence-electron chi connectivity index (χ3n) is 12.9. The Morgan fingerprint density at radius 2 is 0.983 bits per heavy atom. The summed E-state index contributed by atoms with van der Waals surface area (Å²) in [6.07, 6.45) is 19.8. The fraction of sp³-hybridized carbons (Fsp3) is 0.660. The Kier molecular flexibility index (Phi) is 21.3. The van der Waals surface area contributed by atoms with Crippen molar-refractivity contribution in [2.75, 3.05) is 13.7 Å². The van der Waals surface area contributed by atoms with Crippen molar-refractivity contribution in [3.8, 4) is 11.5 Å². The molecule has 0 spiro atoms. The molecule has 0 N–H and O–H groups in total. The number of rotatable bonds is 22. The van der Waals surface area contributed by atoms with Crippen molar-refractivity contribution in [2.24, 2.45) is 0 Å². The molecule has 1 aromatic rings. The van der Waals surface area contributed by atoms with Crippen LogP contribution in [0.4, 0.5) is 0 Å². The van der Waals surface area contributed by atoms with E-state index < -0.39 is 25.0 Å². The van der Waals surface area contributed by atoms with Gasteiger partial charge in [-0.2, -0.15) is 0 Å². The van der Waals surface area contributed by atoms with Gasteiger partial charge in [-0.25, -0.2) is 4.79 Å². The lowest BCUT2D eigenvalue weighted by Gasteiger charge is -2.38. The third-order valence-corrected chi connectivity index (χ3v) is 26.0. The maximum atomic E-state index is 13.0. The molecule has 0 saturated carbocycles. The van der Waals surface area contributed by atoms with Gasteiger partial charge in [0.2, 0.25) is 16.6 Å². The zero-order valence-corrected chi connectivity index (χ0v) is 44.2. The van der Waals surface area contributed by atoms with Crippen molar-refractivity contribution in [3.05, 3.63) is 82.0 Å². The first-order valence-electron chi connectivity index (χ1n) is 22.0. The van der Waals surface area contributed by atoms with Crippen LogP contribution in [0.3, 0.4) is 0 Å². The van der Waals surface area contributed by atoms with Crippen molar-refractivity contribution >= 4 is 30.9 Å². The summed E-state index contributed by atoms with van der Waals surface area (Å²) in [6, 6.07) is 6.24. The Morgan fingerprint density at radius 3 is 1.41 bits per heavy atom. The molecule has 330 valence electrons. The van der Waals surface area contributed by atoms with Crippen molar-refractivity contribution in [1.29, 1.82) is 0 Å². The molecule has 0 aliphatic carbocycles. The van der Waals surface area contributed by atoms with Crippen LogP contribution in [0.15, 0.2) is 76.4 Å². The molecule has 8 heteroatoms. The summed E-state index contributed by atoms with van der Waals surface area (Å²) in [4.78, 5) is 13.0. The van der Waals surface area contributed by atoms with Crippen LogP contribution < -0.4 is 8.85 Å². The highest BCUT2D eigenvalue weighted by Gasteiger charge is 2.41. The number of esters is 1. The molecule has 0 bridgehead atoms. The number of allylic oxidation sites excluding steroid dienone is 8. The standard InChI is InChI=1S/C50H88O5Si3/c1-39(25-21-27-40(2)29-23-31-42(4)38-53-56(15,16)48(5,6)7)26-22-28-41(3)30-24-32-43(47(51)52-14)33-34-44-37-45(54-57(17,18)49(8,9)10)35-36-46(44)55-58(19,20)50(11,12)13/h26-27,30-31,33,35-37H,21-25,28-29,32,34,38H2,1-20H3/b39-26+,40-27+,41-30+,42-31+,43-33?. The van der Waals surface area contributed by atoms with Crippen molar-refractivity contribution < 1.29 is 22.8 Å². The number of carbonyl (C=O) groups is 1. The minimum atomic E-state index is -2.10. The first-order valence-corrected chi connectivity index (χ1v) is 30.7. The lowest BCUT2D eigenvalue weighted by atomic mass is 10.0. The van der Waals surface area contributed by atoms with Gasteiger partial charge in [0.1, 0.15) is 11.5 Å². The Balaban J connectivity index is 2.87. The first kappa shape index (κ1) is 53.6. The second kappa shape index (κ2) is 23.0. The molecular weight excluding hydrogens is 765 g/mol. The van der Waals surface area contributed by atoms with Gasteiger partial charge in [0, 0.05) is 11.1 Å². The molecule has 0 atom stereocenters. The number of ether oxygens (including phenoxy) is 1. The Labute approximate surface area is 361 Å². The second-order valence-electron chi connectivity index (χ2n) is 21.3. The number of methoxy groups -OCH3 is 1. The van der Waals surface area contributed by atoms with E-state index in [1.54, 1.807) is 0 Å². The van der Waals surface area contributed by atoms with Gasteiger partial charge in [-0.15, -0.1) is 0 Å². The first-order chi connectivity index (χ1) is 26.4. The molecule has 0 amide bonds. The van der Waals surface area contributed by atoms with Crippen LogP contribution in [0.1, 0.15) is 147 Å². The van der Waals surface area contributed by atoms with Crippen LogP contribution in [0, 0.1) is 0 Å². The quantitative estimate of drug-likeness (QED) is 0.0503. The summed E-state index contributed by atoms with van der Waals surface area (Å²) in [6.45, 7) is 43.8. The van der Waals surface area contributed by atoms with Gasteiger partial charge in [0.05, 0.1) is 13.7 Å². The van der Waals surface area contributed by atoms with Gasteiger partial charge in [-0.3, -0.25) is 0 Å². The topological polar surface area (TPSA) is 54.0 Å².